The summed E-state index contributed by atoms with van der Waals surface area (Å²) in [7, 11) is 0. The zero-order chi connectivity index (χ0) is 7.40. The van der Waals surface area contributed by atoms with Crippen molar-refractivity contribution in [2.24, 2.45) is 4.99 Å². The predicted octanol–water partition coefficient (Wildman–Crippen LogP) is 2.57. The van der Waals surface area contributed by atoms with Gasteiger partial charge in [-0.2, -0.15) is 0 Å². The third kappa shape index (κ3) is 1.20. The maximum atomic E-state index is 6.65. The minimum Gasteiger partial charge on any atom is -0.265 e. The lowest BCUT2D eigenvalue weighted by atomic mass is 10.3. The van der Waals surface area contributed by atoms with Gasteiger partial charge >= 0.3 is 0 Å². The van der Waals surface area contributed by atoms with Crippen LogP contribution in [0.15, 0.2) is 29.3 Å². The van der Waals surface area contributed by atoms with Crippen LogP contribution in [-0.2, 0) is 0 Å². The molecule has 10 heavy (non-hydrogen) atoms. The molecule has 0 unspecified atom stereocenters. The molecule has 0 amide bonds. The highest BCUT2D eigenvalue weighted by Crippen LogP contribution is 2.17. The van der Waals surface area contributed by atoms with Crippen LogP contribution in [0.2, 0.25) is 0 Å². The fourth-order valence-corrected chi connectivity index (χ4v) is 0.633. The Kier molecular flexibility index (Phi) is 1.81. The number of hydrogen-bond donors (Lipinski definition) is 0. The Hall–Kier alpha value is -1.62. The van der Waals surface area contributed by atoms with Crippen LogP contribution in [0.5, 0.6) is 0 Å². The van der Waals surface area contributed by atoms with E-state index in [2.05, 4.69) is 16.6 Å². The minimum atomic E-state index is 0.632. The van der Waals surface area contributed by atoms with Crippen molar-refractivity contribution in [1.29, 1.82) is 0 Å². The van der Waals surface area contributed by atoms with Crippen molar-refractivity contribution in [1.82, 2.24) is 0 Å². The summed E-state index contributed by atoms with van der Waals surface area (Å²) in [5.41, 5.74) is 1.43. The second-order valence-electron chi connectivity index (χ2n) is 1.79. The van der Waals surface area contributed by atoms with Crippen LogP contribution in [-0.4, -0.2) is 6.72 Å². The van der Waals surface area contributed by atoms with Gasteiger partial charge in [-0.05, 0) is 18.9 Å². The molecular weight excluding hydrogens is 124 g/mol. The first-order valence-electron chi connectivity index (χ1n) is 2.81. The molecule has 0 fully saturated rings. The summed E-state index contributed by atoms with van der Waals surface area (Å²) < 4.78 is 0. The molecule has 0 saturated carbocycles. The largest absolute Gasteiger partial charge is 0.265 e. The zero-order valence-electron chi connectivity index (χ0n) is 5.41. The number of aliphatic imine (C=N–C) groups is 1. The van der Waals surface area contributed by atoms with Crippen LogP contribution in [0, 0.1) is 6.57 Å². The van der Waals surface area contributed by atoms with Crippen molar-refractivity contribution in [3.63, 3.8) is 0 Å². The normalized spacial score (nSPS) is 8.30. The summed E-state index contributed by atoms with van der Waals surface area (Å²) in [4.78, 5) is 6.93. The second-order valence-corrected chi connectivity index (χ2v) is 1.79. The minimum absolute atomic E-state index is 0.632. The molecule has 0 heterocycles. The molecule has 0 aliphatic heterocycles. The highest BCUT2D eigenvalue weighted by atomic mass is 14.7. The average Bonchev–Trinajstić information content (AvgIpc) is 2.05. The molecule has 0 spiro atoms. The SMILES string of the molecule is [C-]#[N+]c1ccc(N=C)cc1. The van der Waals surface area contributed by atoms with E-state index in [9.17, 15) is 0 Å². The summed E-state index contributed by atoms with van der Waals surface area (Å²) >= 11 is 0. The van der Waals surface area contributed by atoms with E-state index < -0.39 is 0 Å². The third-order valence-corrected chi connectivity index (χ3v) is 1.16. The van der Waals surface area contributed by atoms with Gasteiger partial charge in [-0.3, -0.25) is 4.99 Å². The van der Waals surface area contributed by atoms with Crippen molar-refractivity contribution in [2.75, 3.05) is 0 Å². The molecule has 0 aliphatic rings. The number of hydrogen-bond acceptors (Lipinski definition) is 1. The molecule has 0 saturated heterocycles. The Balaban J connectivity index is 3.04. The first kappa shape index (κ1) is 6.50. The fraction of sp³-hybridized carbons (Fsp3) is 0. The summed E-state index contributed by atoms with van der Waals surface area (Å²) in [6, 6.07) is 6.97. The summed E-state index contributed by atoms with van der Waals surface area (Å²) in [6.07, 6.45) is 0. The van der Waals surface area contributed by atoms with Crippen LogP contribution in [0.1, 0.15) is 0 Å². The molecule has 0 aromatic heterocycles. The van der Waals surface area contributed by atoms with Gasteiger partial charge in [0.05, 0.1) is 12.3 Å². The van der Waals surface area contributed by atoms with Gasteiger partial charge in [0.1, 0.15) is 0 Å². The van der Waals surface area contributed by atoms with Gasteiger partial charge in [-0.1, -0.05) is 12.1 Å². The van der Waals surface area contributed by atoms with Crippen molar-refractivity contribution in [3.8, 4) is 0 Å². The third-order valence-electron chi connectivity index (χ3n) is 1.16. The fourth-order valence-electron chi connectivity index (χ4n) is 0.633. The first-order chi connectivity index (χ1) is 4.86. The first-order valence-corrected chi connectivity index (χ1v) is 2.81. The van der Waals surface area contributed by atoms with Gasteiger partial charge in [0.2, 0.25) is 0 Å². The summed E-state index contributed by atoms with van der Waals surface area (Å²) in [5.74, 6) is 0. The van der Waals surface area contributed by atoms with E-state index in [1.165, 1.54) is 0 Å². The molecular formula is C8H6N2. The van der Waals surface area contributed by atoms with E-state index in [4.69, 9.17) is 6.57 Å². The molecule has 0 aliphatic carbocycles. The molecule has 1 rings (SSSR count). The van der Waals surface area contributed by atoms with Crippen molar-refractivity contribution in [3.05, 3.63) is 35.7 Å². The van der Waals surface area contributed by atoms with Crippen LogP contribution in [0.25, 0.3) is 4.85 Å². The molecule has 2 nitrogen and oxygen atoms in total. The van der Waals surface area contributed by atoms with Crippen molar-refractivity contribution in [2.45, 2.75) is 0 Å². The lowest BCUT2D eigenvalue weighted by Crippen LogP contribution is -1.60. The highest BCUT2D eigenvalue weighted by molar-refractivity contribution is 5.53. The van der Waals surface area contributed by atoms with Crippen LogP contribution >= 0.6 is 0 Å². The Morgan fingerprint density at radius 2 is 1.90 bits per heavy atom. The smallest absolute Gasteiger partial charge is 0.187 e. The molecule has 0 atom stereocenters. The van der Waals surface area contributed by atoms with Crippen molar-refractivity contribution >= 4 is 18.1 Å². The Morgan fingerprint density at radius 3 is 2.30 bits per heavy atom. The van der Waals surface area contributed by atoms with Gasteiger partial charge in [0.15, 0.2) is 5.69 Å². The van der Waals surface area contributed by atoms with Gasteiger partial charge in [-0.25, -0.2) is 4.85 Å². The average molecular weight is 130 g/mol. The number of rotatable bonds is 1. The van der Waals surface area contributed by atoms with E-state index in [-0.39, 0.29) is 0 Å². The quantitative estimate of drug-likeness (QED) is 0.410. The van der Waals surface area contributed by atoms with Gasteiger partial charge < -0.3 is 0 Å². The van der Waals surface area contributed by atoms with Gasteiger partial charge in [0.25, 0.3) is 0 Å². The molecule has 48 valence electrons. The van der Waals surface area contributed by atoms with Gasteiger partial charge in [0, 0.05) is 0 Å². The molecule has 0 radical (unpaired) electrons. The Morgan fingerprint density at radius 1 is 1.30 bits per heavy atom. The molecule has 0 N–H and O–H groups in total. The van der Waals surface area contributed by atoms with Crippen LogP contribution in [0.3, 0.4) is 0 Å². The van der Waals surface area contributed by atoms with E-state index in [0.717, 1.165) is 5.69 Å². The number of benzene rings is 1. The zero-order valence-corrected chi connectivity index (χ0v) is 5.41. The summed E-state index contributed by atoms with van der Waals surface area (Å²) in [5, 5.41) is 0. The lowest BCUT2D eigenvalue weighted by molar-refractivity contribution is 1.56. The van der Waals surface area contributed by atoms with Crippen molar-refractivity contribution < 1.29 is 0 Å². The molecule has 0 bridgehead atoms. The van der Waals surface area contributed by atoms with E-state index in [1.54, 1.807) is 24.3 Å². The molecule has 1 aromatic carbocycles. The maximum absolute atomic E-state index is 6.65. The van der Waals surface area contributed by atoms with E-state index in [1.807, 2.05) is 0 Å². The van der Waals surface area contributed by atoms with Crippen LogP contribution < -0.4 is 0 Å². The molecule has 2 heteroatoms. The predicted molar refractivity (Wildman–Crippen MR) is 41.9 cm³/mol. The summed E-state index contributed by atoms with van der Waals surface area (Å²) in [6.45, 7) is 10.0. The van der Waals surface area contributed by atoms with Crippen LogP contribution in [0.4, 0.5) is 11.4 Å². The Labute approximate surface area is 59.7 Å². The maximum Gasteiger partial charge on any atom is 0.187 e. The Bertz CT molecular complexity index is 266. The highest BCUT2D eigenvalue weighted by Gasteiger charge is 1.87. The lowest BCUT2D eigenvalue weighted by Gasteiger charge is -1.89. The monoisotopic (exact) mass is 130 g/mol. The standard InChI is InChI=1S/C8H6N2/c1-9-7-3-5-8(10-2)6-4-7/h3-6H,1H2. The second kappa shape index (κ2) is 2.79. The van der Waals surface area contributed by atoms with E-state index in [0.29, 0.717) is 5.69 Å². The number of nitrogens with zero attached hydrogens (tertiary/aromatic N) is 2. The van der Waals surface area contributed by atoms with Gasteiger partial charge in [-0.15, -0.1) is 0 Å². The topological polar surface area (TPSA) is 16.7 Å². The molecule has 1 aromatic rings. The van der Waals surface area contributed by atoms with E-state index >= 15 is 0 Å².